The highest BCUT2D eigenvalue weighted by molar-refractivity contribution is 7.15. The molecule has 36 heavy (non-hydrogen) atoms. The number of aromatic nitrogens is 4. The van der Waals surface area contributed by atoms with Crippen LogP contribution in [0.25, 0.3) is 21.9 Å². The van der Waals surface area contributed by atoms with Crippen LogP contribution in [0.2, 0.25) is 0 Å². The summed E-state index contributed by atoms with van der Waals surface area (Å²) in [7, 11) is 0. The van der Waals surface area contributed by atoms with Crippen LogP contribution in [0.3, 0.4) is 0 Å². The van der Waals surface area contributed by atoms with Gasteiger partial charge in [-0.2, -0.15) is 5.10 Å². The van der Waals surface area contributed by atoms with Crippen LogP contribution in [0, 0.1) is 26.6 Å². The normalized spacial score (nSPS) is 11.2. The highest BCUT2D eigenvalue weighted by atomic mass is 32.1. The van der Waals surface area contributed by atoms with Crippen molar-refractivity contribution in [2.24, 2.45) is 0 Å². The third-order valence-corrected chi connectivity index (χ3v) is 6.93. The molecule has 5 rings (SSSR count). The zero-order valence-electron chi connectivity index (χ0n) is 20.1. The number of nitrogens with zero attached hydrogens (tertiary/aromatic N) is 4. The predicted molar refractivity (Wildman–Crippen MR) is 138 cm³/mol. The van der Waals surface area contributed by atoms with Gasteiger partial charge in [0.15, 0.2) is 4.96 Å². The van der Waals surface area contributed by atoms with Gasteiger partial charge in [0.1, 0.15) is 11.5 Å². The Labute approximate surface area is 210 Å². The van der Waals surface area contributed by atoms with E-state index in [1.54, 1.807) is 24.4 Å². The number of aryl methyl sites for hydroxylation is 3. The predicted octanol–water partition coefficient (Wildman–Crippen LogP) is 4.53. The van der Waals surface area contributed by atoms with Gasteiger partial charge in [0.25, 0.3) is 5.56 Å². The molecule has 1 amide bonds. The summed E-state index contributed by atoms with van der Waals surface area (Å²) in [6, 6.07) is 15.8. The summed E-state index contributed by atoms with van der Waals surface area (Å²) in [5, 5.41) is 9.35. The summed E-state index contributed by atoms with van der Waals surface area (Å²) in [5.41, 5.74) is 5.54. The first-order valence-corrected chi connectivity index (χ1v) is 12.3. The van der Waals surface area contributed by atoms with Gasteiger partial charge in [0, 0.05) is 23.3 Å². The van der Waals surface area contributed by atoms with Crippen LogP contribution in [-0.4, -0.2) is 25.1 Å². The Bertz CT molecular complexity index is 1650. The molecule has 0 atom stereocenters. The van der Waals surface area contributed by atoms with Gasteiger partial charge in [-0.05, 0) is 56.2 Å². The van der Waals surface area contributed by atoms with Gasteiger partial charge in [-0.3, -0.25) is 14.0 Å². The molecule has 0 fully saturated rings. The third-order valence-electron chi connectivity index (χ3n) is 6.05. The standard InChI is InChI=1S/C27H24FN5O2S/c1-16-6-4-5-7-23(16)33-17(2)12-22(31-33)25-18(3)30-27-32(26(25)35)21(15-36-27)13-24(34)29-14-19-8-10-20(28)11-9-19/h4-12,15H,13-14H2,1-3H3,(H,29,34). The zero-order valence-corrected chi connectivity index (χ0v) is 20.9. The Hall–Kier alpha value is -4.11. The molecule has 9 heteroatoms. The van der Waals surface area contributed by atoms with Crippen molar-refractivity contribution in [3.8, 4) is 16.9 Å². The maximum atomic E-state index is 13.7. The van der Waals surface area contributed by atoms with E-state index in [1.807, 2.05) is 48.9 Å². The fraction of sp³-hybridized carbons (Fsp3) is 0.185. The van der Waals surface area contributed by atoms with Crippen LogP contribution in [0.15, 0.2) is 64.8 Å². The number of fused-ring (bicyclic) bond motifs is 1. The van der Waals surface area contributed by atoms with Gasteiger partial charge in [0.2, 0.25) is 5.91 Å². The number of hydrogen-bond acceptors (Lipinski definition) is 5. The van der Waals surface area contributed by atoms with Crippen LogP contribution < -0.4 is 10.9 Å². The second-order valence-corrected chi connectivity index (χ2v) is 9.51. The number of nitrogens with one attached hydrogen (secondary N) is 1. The zero-order chi connectivity index (χ0) is 25.4. The first-order valence-electron chi connectivity index (χ1n) is 11.5. The van der Waals surface area contributed by atoms with Gasteiger partial charge in [-0.15, -0.1) is 11.3 Å². The van der Waals surface area contributed by atoms with Crippen molar-refractivity contribution in [1.29, 1.82) is 0 Å². The van der Waals surface area contributed by atoms with Gasteiger partial charge in [-0.1, -0.05) is 30.3 Å². The van der Waals surface area contributed by atoms with Crippen molar-refractivity contribution in [2.75, 3.05) is 0 Å². The van der Waals surface area contributed by atoms with E-state index in [0.29, 0.717) is 27.6 Å². The van der Waals surface area contributed by atoms with E-state index in [-0.39, 0.29) is 30.2 Å². The Kier molecular flexibility index (Phi) is 6.24. The number of thiazole rings is 1. The highest BCUT2D eigenvalue weighted by Gasteiger charge is 2.20. The number of carbonyl (C=O) groups is 1. The molecule has 7 nitrogen and oxygen atoms in total. The molecule has 0 radical (unpaired) electrons. The van der Waals surface area contributed by atoms with Crippen LogP contribution >= 0.6 is 11.3 Å². The number of carbonyl (C=O) groups excluding carboxylic acids is 1. The molecule has 3 heterocycles. The molecule has 2 aromatic carbocycles. The number of amides is 1. The SMILES string of the molecule is Cc1ccccc1-n1nc(-c2c(C)nc3scc(CC(=O)NCc4ccc(F)cc4)n3c2=O)cc1C. The molecule has 5 aromatic rings. The van der Waals surface area contributed by atoms with Gasteiger partial charge < -0.3 is 5.32 Å². The average molecular weight is 502 g/mol. The summed E-state index contributed by atoms with van der Waals surface area (Å²) in [6.45, 7) is 6.04. The number of para-hydroxylation sites is 1. The molecule has 0 saturated carbocycles. The van der Waals surface area contributed by atoms with E-state index >= 15 is 0 Å². The van der Waals surface area contributed by atoms with E-state index in [1.165, 1.54) is 27.9 Å². The molecule has 0 spiro atoms. The molecule has 1 N–H and O–H groups in total. The smallest absolute Gasteiger partial charge is 0.268 e. The summed E-state index contributed by atoms with van der Waals surface area (Å²) in [6.07, 6.45) is 0.0158. The van der Waals surface area contributed by atoms with Gasteiger partial charge >= 0.3 is 0 Å². The fourth-order valence-electron chi connectivity index (χ4n) is 4.20. The van der Waals surface area contributed by atoms with Crippen molar-refractivity contribution in [3.05, 3.63) is 104 Å². The van der Waals surface area contributed by atoms with E-state index in [4.69, 9.17) is 5.10 Å². The van der Waals surface area contributed by atoms with Crippen molar-refractivity contribution >= 4 is 22.2 Å². The van der Waals surface area contributed by atoms with Crippen LogP contribution in [0.4, 0.5) is 4.39 Å². The summed E-state index contributed by atoms with van der Waals surface area (Å²) in [4.78, 5) is 31.5. The summed E-state index contributed by atoms with van der Waals surface area (Å²) in [5.74, 6) is -0.570. The lowest BCUT2D eigenvalue weighted by atomic mass is 10.1. The second-order valence-electron chi connectivity index (χ2n) is 8.67. The topological polar surface area (TPSA) is 81.3 Å². The van der Waals surface area contributed by atoms with E-state index in [2.05, 4.69) is 10.3 Å². The Morgan fingerprint density at radius 2 is 1.83 bits per heavy atom. The van der Waals surface area contributed by atoms with Crippen molar-refractivity contribution in [2.45, 2.75) is 33.7 Å². The maximum Gasteiger partial charge on any atom is 0.268 e. The van der Waals surface area contributed by atoms with E-state index in [0.717, 1.165) is 22.5 Å². The summed E-state index contributed by atoms with van der Waals surface area (Å²) < 4.78 is 16.4. The molecule has 0 aliphatic heterocycles. The minimum Gasteiger partial charge on any atom is -0.352 e. The first-order chi connectivity index (χ1) is 17.3. The van der Waals surface area contributed by atoms with Crippen LogP contribution in [0.5, 0.6) is 0 Å². The fourth-order valence-corrected chi connectivity index (χ4v) is 5.12. The quantitative estimate of drug-likeness (QED) is 0.371. The molecule has 3 aromatic heterocycles. The van der Waals surface area contributed by atoms with Gasteiger partial charge in [0.05, 0.1) is 23.4 Å². The lowest BCUT2D eigenvalue weighted by molar-refractivity contribution is -0.120. The maximum absolute atomic E-state index is 13.7. The number of halogens is 1. The number of rotatable bonds is 6. The summed E-state index contributed by atoms with van der Waals surface area (Å²) >= 11 is 1.32. The Morgan fingerprint density at radius 1 is 1.08 bits per heavy atom. The molecule has 0 unspecified atom stereocenters. The highest BCUT2D eigenvalue weighted by Crippen LogP contribution is 2.24. The van der Waals surface area contributed by atoms with Crippen LogP contribution in [0.1, 0.15) is 28.2 Å². The Balaban J connectivity index is 1.46. The monoisotopic (exact) mass is 501 g/mol. The first kappa shape index (κ1) is 23.6. The Morgan fingerprint density at radius 3 is 2.58 bits per heavy atom. The lowest BCUT2D eigenvalue weighted by Crippen LogP contribution is -2.27. The molecule has 0 bridgehead atoms. The molecule has 182 valence electrons. The molecule has 0 saturated heterocycles. The molecule has 0 aliphatic rings. The van der Waals surface area contributed by atoms with E-state index < -0.39 is 0 Å². The van der Waals surface area contributed by atoms with E-state index in [9.17, 15) is 14.0 Å². The molecule has 0 aliphatic carbocycles. The minimum absolute atomic E-state index is 0.0158. The molecular weight excluding hydrogens is 477 g/mol. The minimum atomic E-state index is -0.327. The van der Waals surface area contributed by atoms with Crippen molar-refractivity contribution in [3.63, 3.8) is 0 Å². The van der Waals surface area contributed by atoms with Crippen molar-refractivity contribution < 1.29 is 9.18 Å². The van der Waals surface area contributed by atoms with Gasteiger partial charge in [-0.25, -0.2) is 14.1 Å². The number of hydrogen-bond donors (Lipinski definition) is 1. The number of benzene rings is 2. The second kappa shape index (κ2) is 9.50. The lowest BCUT2D eigenvalue weighted by Gasteiger charge is -2.08. The largest absolute Gasteiger partial charge is 0.352 e. The average Bonchev–Trinajstić information content (AvgIpc) is 3.42. The third kappa shape index (κ3) is 4.45. The van der Waals surface area contributed by atoms with Crippen LogP contribution in [-0.2, 0) is 17.8 Å². The van der Waals surface area contributed by atoms with Crippen molar-refractivity contribution in [1.82, 2.24) is 24.5 Å². The molecular formula is C27H24FN5O2S.